The van der Waals surface area contributed by atoms with Crippen molar-refractivity contribution in [2.75, 3.05) is 5.32 Å². The van der Waals surface area contributed by atoms with E-state index in [-0.39, 0.29) is 0 Å². The lowest BCUT2D eigenvalue weighted by Gasteiger charge is -2.04. The van der Waals surface area contributed by atoms with Gasteiger partial charge >= 0.3 is 0 Å². The van der Waals surface area contributed by atoms with E-state index in [0.29, 0.717) is 5.88 Å². The normalized spacial score (nSPS) is 10.2. The van der Waals surface area contributed by atoms with E-state index in [0.717, 1.165) is 17.2 Å². The Morgan fingerprint density at radius 3 is 2.93 bits per heavy atom. The standard InChI is InChI=1S/C11H11ClN2S/c12-7-9-2-1-3-10(6-9)8-14-11-13-4-5-15-11/h1-6H,7-8H2,(H,13,14). The number of benzene rings is 1. The molecule has 2 aromatic rings. The second kappa shape index (κ2) is 5.14. The zero-order valence-electron chi connectivity index (χ0n) is 8.11. The Morgan fingerprint density at radius 2 is 2.20 bits per heavy atom. The first-order chi connectivity index (χ1) is 7.38. The molecule has 2 nitrogen and oxygen atoms in total. The molecule has 0 radical (unpaired) electrons. The maximum absolute atomic E-state index is 5.77. The summed E-state index contributed by atoms with van der Waals surface area (Å²) in [7, 11) is 0. The highest BCUT2D eigenvalue weighted by Gasteiger charge is 1.97. The smallest absolute Gasteiger partial charge is 0.182 e. The van der Waals surface area contributed by atoms with Gasteiger partial charge in [-0.1, -0.05) is 24.3 Å². The molecule has 1 heterocycles. The van der Waals surface area contributed by atoms with Crippen molar-refractivity contribution in [2.24, 2.45) is 0 Å². The SMILES string of the molecule is ClCc1cccc(CNc2nccs2)c1. The number of hydrogen-bond donors (Lipinski definition) is 1. The van der Waals surface area contributed by atoms with E-state index in [9.17, 15) is 0 Å². The molecule has 0 bridgehead atoms. The number of thiazole rings is 1. The topological polar surface area (TPSA) is 24.9 Å². The van der Waals surface area contributed by atoms with Crippen LogP contribution in [0.3, 0.4) is 0 Å². The Bertz CT molecular complexity index is 414. The van der Waals surface area contributed by atoms with Crippen LogP contribution in [0.25, 0.3) is 0 Å². The van der Waals surface area contributed by atoms with Crippen LogP contribution in [0.15, 0.2) is 35.8 Å². The van der Waals surface area contributed by atoms with Gasteiger partial charge in [-0.05, 0) is 11.1 Å². The highest BCUT2D eigenvalue weighted by Crippen LogP contribution is 2.13. The molecule has 78 valence electrons. The summed E-state index contributed by atoms with van der Waals surface area (Å²) in [4.78, 5) is 4.16. The van der Waals surface area contributed by atoms with E-state index in [1.165, 1.54) is 5.56 Å². The molecule has 2 rings (SSSR count). The van der Waals surface area contributed by atoms with Crippen LogP contribution in [-0.2, 0) is 12.4 Å². The van der Waals surface area contributed by atoms with Crippen molar-refractivity contribution in [1.29, 1.82) is 0 Å². The molecule has 0 aliphatic heterocycles. The molecule has 0 atom stereocenters. The fourth-order valence-electron chi connectivity index (χ4n) is 1.31. The van der Waals surface area contributed by atoms with Crippen LogP contribution in [0, 0.1) is 0 Å². The Morgan fingerprint density at radius 1 is 1.33 bits per heavy atom. The number of halogens is 1. The maximum Gasteiger partial charge on any atom is 0.182 e. The lowest BCUT2D eigenvalue weighted by molar-refractivity contribution is 1.12. The number of anilines is 1. The number of nitrogens with zero attached hydrogens (tertiary/aromatic N) is 1. The summed E-state index contributed by atoms with van der Waals surface area (Å²) in [5, 5.41) is 6.16. The summed E-state index contributed by atoms with van der Waals surface area (Å²) < 4.78 is 0. The molecule has 0 aliphatic rings. The minimum atomic E-state index is 0.561. The van der Waals surface area contributed by atoms with Gasteiger partial charge in [-0.3, -0.25) is 0 Å². The minimum absolute atomic E-state index is 0.561. The van der Waals surface area contributed by atoms with Crippen LogP contribution in [-0.4, -0.2) is 4.98 Å². The largest absolute Gasteiger partial charge is 0.357 e. The van der Waals surface area contributed by atoms with Crippen LogP contribution >= 0.6 is 22.9 Å². The monoisotopic (exact) mass is 238 g/mol. The highest BCUT2D eigenvalue weighted by atomic mass is 35.5. The lowest BCUT2D eigenvalue weighted by Crippen LogP contribution is -1.98. The first-order valence-electron chi connectivity index (χ1n) is 4.65. The fraction of sp³-hybridized carbons (Fsp3) is 0.182. The molecule has 0 fully saturated rings. The number of rotatable bonds is 4. The molecular weight excluding hydrogens is 228 g/mol. The van der Waals surface area contributed by atoms with E-state index in [4.69, 9.17) is 11.6 Å². The number of aromatic nitrogens is 1. The molecular formula is C11H11ClN2S. The van der Waals surface area contributed by atoms with Gasteiger partial charge in [-0.15, -0.1) is 22.9 Å². The second-order valence-electron chi connectivity index (χ2n) is 3.14. The average molecular weight is 239 g/mol. The van der Waals surface area contributed by atoms with Gasteiger partial charge in [0.1, 0.15) is 0 Å². The van der Waals surface area contributed by atoms with Crippen LogP contribution in [0.2, 0.25) is 0 Å². The summed E-state index contributed by atoms with van der Waals surface area (Å²) in [6.45, 7) is 0.790. The Hall–Kier alpha value is -1.06. The molecule has 0 aliphatic carbocycles. The predicted octanol–water partition coefficient (Wildman–Crippen LogP) is 3.49. The Kier molecular flexibility index (Phi) is 3.59. The number of hydrogen-bond acceptors (Lipinski definition) is 3. The zero-order valence-corrected chi connectivity index (χ0v) is 9.68. The van der Waals surface area contributed by atoms with Gasteiger partial charge in [-0.2, -0.15) is 0 Å². The second-order valence-corrected chi connectivity index (χ2v) is 4.31. The fourth-order valence-corrected chi connectivity index (χ4v) is 2.01. The third kappa shape index (κ3) is 2.94. The summed E-state index contributed by atoms with van der Waals surface area (Å²) >= 11 is 7.37. The Balaban J connectivity index is 1.98. The van der Waals surface area contributed by atoms with Crippen molar-refractivity contribution in [1.82, 2.24) is 4.98 Å². The molecule has 0 unspecified atom stereocenters. The van der Waals surface area contributed by atoms with Crippen molar-refractivity contribution >= 4 is 28.1 Å². The quantitative estimate of drug-likeness (QED) is 0.825. The van der Waals surface area contributed by atoms with Crippen molar-refractivity contribution in [3.8, 4) is 0 Å². The summed E-state index contributed by atoms with van der Waals surface area (Å²) in [6.07, 6.45) is 1.79. The third-order valence-corrected chi connectivity index (χ3v) is 3.06. The van der Waals surface area contributed by atoms with Crippen LogP contribution < -0.4 is 5.32 Å². The molecule has 0 spiro atoms. The van der Waals surface area contributed by atoms with Gasteiger partial charge in [0.2, 0.25) is 0 Å². The Labute approximate surface area is 97.9 Å². The van der Waals surface area contributed by atoms with Gasteiger partial charge in [0.05, 0.1) is 0 Å². The first kappa shape index (κ1) is 10.5. The molecule has 0 saturated carbocycles. The van der Waals surface area contributed by atoms with E-state index < -0.39 is 0 Å². The van der Waals surface area contributed by atoms with Gasteiger partial charge < -0.3 is 5.32 Å². The first-order valence-corrected chi connectivity index (χ1v) is 6.07. The lowest BCUT2D eigenvalue weighted by atomic mass is 10.1. The summed E-state index contributed by atoms with van der Waals surface area (Å²) in [6, 6.07) is 8.24. The molecule has 1 N–H and O–H groups in total. The summed E-state index contributed by atoms with van der Waals surface area (Å²) in [5.41, 5.74) is 2.37. The van der Waals surface area contributed by atoms with E-state index in [2.05, 4.69) is 22.4 Å². The average Bonchev–Trinajstić information content (AvgIpc) is 2.79. The predicted molar refractivity (Wildman–Crippen MR) is 65.4 cm³/mol. The van der Waals surface area contributed by atoms with E-state index >= 15 is 0 Å². The van der Waals surface area contributed by atoms with E-state index in [1.807, 2.05) is 17.5 Å². The van der Waals surface area contributed by atoms with Crippen molar-refractivity contribution in [3.63, 3.8) is 0 Å². The van der Waals surface area contributed by atoms with Crippen molar-refractivity contribution in [2.45, 2.75) is 12.4 Å². The molecule has 1 aromatic heterocycles. The van der Waals surface area contributed by atoms with Crippen molar-refractivity contribution < 1.29 is 0 Å². The van der Waals surface area contributed by atoms with Gasteiger partial charge in [0.25, 0.3) is 0 Å². The van der Waals surface area contributed by atoms with Crippen LogP contribution in [0.1, 0.15) is 11.1 Å². The molecule has 0 amide bonds. The molecule has 0 saturated heterocycles. The van der Waals surface area contributed by atoms with Crippen molar-refractivity contribution in [3.05, 3.63) is 47.0 Å². The summed E-state index contributed by atoms with van der Waals surface area (Å²) in [5.74, 6) is 0.561. The van der Waals surface area contributed by atoms with Crippen LogP contribution in [0.5, 0.6) is 0 Å². The van der Waals surface area contributed by atoms with Gasteiger partial charge in [-0.25, -0.2) is 4.98 Å². The minimum Gasteiger partial charge on any atom is -0.357 e. The molecule has 4 heteroatoms. The zero-order chi connectivity index (χ0) is 10.5. The molecule has 1 aromatic carbocycles. The maximum atomic E-state index is 5.77. The number of nitrogens with one attached hydrogen (secondary N) is 1. The highest BCUT2D eigenvalue weighted by molar-refractivity contribution is 7.13. The van der Waals surface area contributed by atoms with Crippen LogP contribution in [0.4, 0.5) is 5.13 Å². The number of alkyl halides is 1. The molecule has 15 heavy (non-hydrogen) atoms. The van der Waals surface area contributed by atoms with Gasteiger partial charge in [0.15, 0.2) is 5.13 Å². The van der Waals surface area contributed by atoms with E-state index in [1.54, 1.807) is 17.5 Å². The third-order valence-electron chi connectivity index (χ3n) is 2.02. The van der Waals surface area contributed by atoms with Gasteiger partial charge in [0, 0.05) is 24.0 Å².